The number of rotatable bonds is 8. The number of methoxy groups -OCH3 is 1. The standard InChI is InChI=1S/C29H22Br2ClN3O6/c1-4-39-22-13-17(24(31)25(32)26(22)40-15(2)29(37)38-3)14-33-35-27(34-20-8-6-5-7-19(20)28(35)36)23-12-16-11-18(30)9-10-21(16)41-23/h5-15H,4H2,1-3H3/t15-/m1/s1. The van der Waals surface area contributed by atoms with Crippen LogP contribution in [-0.2, 0) is 9.53 Å². The molecule has 3 aromatic carbocycles. The van der Waals surface area contributed by atoms with Crippen molar-refractivity contribution >= 4 is 77.5 Å². The smallest absolute Gasteiger partial charge is 0.346 e. The van der Waals surface area contributed by atoms with Crippen LogP contribution in [0.2, 0.25) is 5.02 Å². The number of aromatic nitrogens is 2. The Labute approximate surface area is 255 Å². The molecule has 0 spiro atoms. The summed E-state index contributed by atoms with van der Waals surface area (Å²) in [5.41, 5.74) is 1.23. The van der Waals surface area contributed by atoms with E-state index in [0.29, 0.717) is 38.9 Å². The molecule has 0 saturated heterocycles. The molecule has 0 aliphatic carbocycles. The van der Waals surface area contributed by atoms with Crippen LogP contribution in [0.4, 0.5) is 0 Å². The van der Waals surface area contributed by atoms with Crippen LogP contribution in [0.25, 0.3) is 33.5 Å². The van der Waals surface area contributed by atoms with Crippen LogP contribution in [0.5, 0.6) is 11.5 Å². The largest absolute Gasteiger partial charge is 0.490 e. The molecule has 9 nitrogen and oxygen atoms in total. The number of hydrogen-bond donors (Lipinski definition) is 0. The maximum atomic E-state index is 13.6. The van der Waals surface area contributed by atoms with E-state index >= 15 is 0 Å². The molecule has 0 aliphatic heterocycles. The fraction of sp³-hybridized carbons (Fsp3) is 0.172. The molecule has 0 saturated carbocycles. The predicted molar refractivity (Wildman–Crippen MR) is 164 cm³/mol. The van der Waals surface area contributed by atoms with Crippen LogP contribution in [0.15, 0.2) is 77.9 Å². The molecule has 12 heteroatoms. The van der Waals surface area contributed by atoms with E-state index in [2.05, 4.69) is 37.0 Å². The number of hydrogen-bond acceptors (Lipinski definition) is 8. The van der Waals surface area contributed by atoms with Gasteiger partial charge in [-0.25, -0.2) is 9.78 Å². The summed E-state index contributed by atoms with van der Waals surface area (Å²) >= 11 is 13.6. The van der Waals surface area contributed by atoms with Gasteiger partial charge in [0.25, 0.3) is 5.56 Å². The van der Waals surface area contributed by atoms with Crippen molar-refractivity contribution in [1.29, 1.82) is 0 Å². The number of esters is 1. The molecule has 0 N–H and O–H groups in total. The van der Waals surface area contributed by atoms with Crippen LogP contribution >= 0.6 is 43.5 Å². The molecular weight excluding hydrogens is 682 g/mol. The van der Waals surface area contributed by atoms with Crippen molar-refractivity contribution in [2.24, 2.45) is 5.10 Å². The molecular formula is C29H22Br2ClN3O6. The fourth-order valence-electron chi connectivity index (χ4n) is 4.10. The number of nitrogens with zero attached hydrogens (tertiary/aromatic N) is 3. The molecule has 0 fully saturated rings. The van der Waals surface area contributed by atoms with Crippen LogP contribution in [0.1, 0.15) is 19.4 Å². The molecule has 2 aromatic heterocycles. The minimum atomic E-state index is -0.933. The van der Waals surface area contributed by atoms with Gasteiger partial charge in [0, 0.05) is 19.9 Å². The molecule has 2 heterocycles. The number of para-hydroxylation sites is 1. The molecule has 1 atom stereocenters. The lowest BCUT2D eigenvalue weighted by atomic mass is 10.2. The van der Waals surface area contributed by atoms with Gasteiger partial charge in [-0.05, 0) is 72.2 Å². The van der Waals surface area contributed by atoms with Gasteiger partial charge in [0.1, 0.15) is 10.6 Å². The second-order valence-corrected chi connectivity index (χ2v) is 10.8. The Balaban J connectivity index is 1.65. The normalized spacial score (nSPS) is 12.2. The van der Waals surface area contributed by atoms with Crippen LogP contribution in [0.3, 0.4) is 0 Å². The zero-order valence-corrected chi connectivity index (χ0v) is 25.9. The maximum Gasteiger partial charge on any atom is 0.346 e. The second kappa shape index (κ2) is 12.1. The molecule has 5 rings (SSSR count). The van der Waals surface area contributed by atoms with Gasteiger partial charge in [-0.15, -0.1) is 0 Å². The first-order valence-corrected chi connectivity index (χ1v) is 14.3. The van der Waals surface area contributed by atoms with Crippen molar-refractivity contribution in [2.45, 2.75) is 20.0 Å². The molecule has 0 unspecified atom stereocenters. The molecule has 0 radical (unpaired) electrons. The van der Waals surface area contributed by atoms with Gasteiger partial charge in [0.15, 0.2) is 23.4 Å². The Bertz CT molecular complexity index is 1880. The van der Waals surface area contributed by atoms with Crippen molar-refractivity contribution in [2.75, 3.05) is 13.7 Å². The maximum absolute atomic E-state index is 13.6. The van der Waals surface area contributed by atoms with Gasteiger partial charge in [0.2, 0.25) is 5.82 Å². The molecule has 5 aromatic rings. The first-order chi connectivity index (χ1) is 19.7. The average Bonchev–Trinajstić information content (AvgIpc) is 3.39. The van der Waals surface area contributed by atoms with Crippen LogP contribution in [-0.4, -0.2) is 41.7 Å². The predicted octanol–water partition coefficient (Wildman–Crippen LogP) is 7.21. The zero-order chi connectivity index (χ0) is 29.3. The summed E-state index contributed by atoms with van der Waals surface area (Å²) < 4.78 is 24.8. The van der Waals surface area contributed by atoms with Crippen LogP contribution in [0, 0.1) is 0 Å². The lowest BCUT2D eigenvalue weighted by Gasteiger charge is -2.18. The van der Waals surface area contributed by atoms with E-state index in [4.69, 9.17) is 35.2 Å². The van der Waals surface area contributed by atoms with E-state index in [9.17, 15) is 9.59 Å². The third kappa shape index (κ3) is 5.74. The number of fused-ring (bicyclic) bond motifs is 2. The number of halogens is 3. The molecule has 210 valence electrons. The third-order valence-corrected chi connectivity index (χ3v) is 7.98. The van der Waals surface area contributed by atoms with Gasteiger partial charge in [-0.2, -0.15) is 9.78 Å². The lowest BCUT2D eigenvalue weighted by molar-refractivity contribution is -0.147. The van der Waals surface area contributed by atoms with E-state index in [1.807, 2.05) is 18.2 Å². The van der Waals surface area contributed by atoms with Gasteiger partial charge in [0.05, 0.1) is 30.8 Å². The van der Waals surface area contributed by atoms with E-state index in [0.717, 1.165) is 9.86 Å². The summed E-state index contributed by atoms with van der Waals surface area (Å²) in [6.07, 6.45) is 0.518. The highest BCUT2D eigenvalue weighted by Crippen LogP contribution is 2.43. The third-order valence-electron chi connectivity index (χ3n) is 6.05. The highest BCUT2D eigenvalue weighted by atomic mass is 79.9. The van der Waals surface area contributed by atoms with Crippen molar-refractivity contribution in [3.05, 3.63) is 84.5 Å². The van der Waals surface area contributed by atoms with E-state index in [1.165, 1.54) is 18.0 Å². The molecule has 41 heavy (non-hydrogen) atoms. The van der Waals surface area contributed by atoms with Gasteiger partial charge < -0.3 is 18.6 Å². The van der Waals surface area contributed by atoms with Crippen molar-refractivity contribution in [3.8, 4) is 23.1 Å². The Hall–Kier alpha value is -3.67. The highest BCUT2D eigenvalue weighted by Gasteiger charge is 2.23. The number of ether oxygens (including phenoxy) is 3. The highest BCUT2D eigenvalue weighted by molar-refractivity contribution is 9.10. The van der Waals surface area contributed by atoms with Crippen LogP contribution < -0.4 is 15.0 Å². The van der Waals surface area contributed by atoms with Crippen molar-refractivity contribution < 1.29 is 23.4 Å². The summed E-state index contributed by atoms with van der Waals surface area (Å²) in [7, 11) is 1.27. The summed E-state index contributed by atoms with van der Waals surface area (Å²) in [5.74, 6) is 0.458. The Morgan fingerprint density at radius 3 is 2.73 bits per heavy atom. The van der Waals surface area contributed by atoms with Crippen molar-refractivity contribution in [3.63, 3.8) is 0 Å². The van der Waals surface area contributed by atoms with Gasteiger partial charge >= 0.3 is 5.97 Å². The Kier molecular flexibility index (Phi) is 8.48. The summed E-state index contributed by atoms with van der Waals surface area (Å²) in [5, 5.41) is 5.89. The van der Waals surface area contributed by atoms with Gasteiger partial charge in [-0.1, -0.05) is 39.7 Å². The number of benzene rings is 3. The summed E-state index contributed by atoms with van der Waals surface area (Å²) in [6.45, 7) is 3.64. The Morgan fingerprint density at radius 2 is 1.98 bits per heavy atom. The quantitative estimate of drug-likeness (QED) is 0.124. The summed E-state index contributed by atoms with van der Waals surface area (Å²) in [4.78, 5) is 30.3. The van der Waals surface area contributed by atoms with Crippen molar-refractivity contribution in [1.82, 2.24) is 9.66 Å². The zero-order valence-electron chi connectivity index (χ0n) is 22.0. The first-order valence-electron chi connectivity index (χ1n) is 12.4. The van der Waals surface area contributed by atoms with Gasteiger partial charge in [-0.3, -0.25) is 4.79 Å². The second-order valence-electron chi connectivity index (χ2n) is 8.74. The lowest BCUT2D eigenvalue weighted by Crippen LogP contribution is -2.25. The fourth-order valence-corrected chi connectivity index (χ4v) is 5.12. The minimum Gasteiger partial charge on any atom is -0.490 e. The van der Waals surface area contributed by atoms with E-state index in [1.54, 1.807) is 50.2 Å². The number of carbonyl (C=O) groups excluding carboxylic acids is 1. The molecule has 0 amide bonds. The molecule has 0 aliphatic rings. The number of furan rings is 1. The Morgan fingerprint density at radius 1 is 1.20 bits per heavy atom. The van der Waals surface area contributed by atoms with E-state index in [-0.39, 0.29) is 27.9 Å². The SMILES string of the molecule is CCOc1cc(C=Nn2c(-c3cc4cc(Br)ccc4o3)nc3ccccc3c2=O)c(Br)c(Cl)c1O[C@H](C)C(=O)OC. The average molecular weight is 704 g/mol. The number of carbonyl (C=O) groups is 1. The summed E-state index contributed by atoms with van der Waals surface area (Å²) in [6, 6.07) is 16.1. The van der Waals surface area contributed by atoms with E-state index < -0.39 is 12.1 Å². The first kappa shape index (κ1) is 28.8. The molecule has 0 bridgehead atoms. The monoisotopic (exact) mass is 701 g/mol. The minimum absolute atomic E-state index is 0.153. The topological polar surface area (TPSA) is 105 Å².